The van der Waals surface area contributed by atoms with Crippen LogP contribution in [0, 0.1) is 0 Å². The van der Waals surface area contributed by atoms with Crippen molar-refractivity contribution in [2.45, 2.75) is 19.0 Å². The number of hydrogen-bond donors (Lipinski definition) is 2. The van der Waals surface area contributed by atoms with Gasteiger partial charge in [-0.2, -0.15) is 0 Å². The van der Waals surface area contributed by atoms with E-state index in [1.54, 1.807) is 31.2 Å². The fourth-order valence-electron chi connectivity index (χ4n) is 1.97. The van der Waals surface area contributed by atoms with Gasteiger partial charge in [-0.1, -0.05) is 11.8 Å². The van der Waals surface area contributed by atoms with Crippen LogP contribution >= 0.6 is 11.8 Å². The smallest absolute Gasteiger partial charge is 0.343 e. The summed E-state index contributed by atoms with van der Waals surface area (Å²) in [6, 6.07) is 6.57. The molecule has 0 saturated heterocycles. The van der Waals surface area contributed by atoms with Gasteiger partial charge in [-0.05, 0) is 31.2 Å². The second-order valence-corrected chi connectivity index (χ2v) is 6.08. The average molecular weight is 374 g/mol. The lowest BCUT2D eigenvalue weighted by molar-refractivity contribution is -0.114. The van der Waals surface area contributed by atoms with Gasteiger partial charge in [-0.25, -0.2) is 14.8 Å². The Kier molecular flexibility index (Phi) is 6.67. The van der Waals surface area contributed by atoms with Gasteiger partial charge in [0.2, 0.25) is 5.91 Å². The molecule has 0 fully saturated rings. The van der Waals surface area contributed by atoms with Gasteiger partial charge in [-0.15, -0.1) is 0 Å². The summed E-state index contributed by atoms with van der Waals surface area (Å²) in [5, 5.41) is 2.92. The van der Waals surface area contributed by atoms with Crippen molar-refractivity contribution >= 4 is 40.9 Å². The first-order valence-electron chi connectivity index (χ1n) is 7.74. The Morgan fingerprint density at radius 3 is 2.50 bits per heavy atom. The fourth-order valence-corrected chi connectivity index (χ4v) is 2.69. The van der Waals surface area contributed by atoms with E-state index in [4.69, 9.17) is 10.5 Å². The van der Waals surface area contributed by atoms with Gasteiger partial charge >= 0.3 is 5.97 Å². The van der Waals surface area contributed by atoms with Crippen molar-refractivity contribution in [3.63, 3.8) is 0 Å². The molecule has 0 atom stereocenters. The van der Waals surface area contributed by atoms with Crippen LogP contribution in [0.15, 0.2) is 35.6 Å². The number of ether oxygens (including phenoxy) is 1. The summed E-state index contributed by atoms with van der Waals surface area (Å²) < 4.78 is 4.85. The number of nitrogen functional groups attached to an aromatic ring is 1. The summed E-state index contributed by atoms with van der Waals surface area (Å²) >= 11 is 1.11. The lowest BCUT2D eigenvalue weighted by Gasteiger charge is -2.06. The van der Waals surface area contributed by atoms with E-state index in [0.29, 0.717) is 16.4 Å². The molecule has 0 saturated carbocycles. The molecule has 2 rings (SSSR count). The van der Waals surface area contributed by atoms with Gasteiger partial charge in [0.15, 0.2) is 10.9 Å². The number of ketones is 1. The largest absolute Gasteiger partial charge is 0.462 e. The van der Waals surface area contributed by atoms with Crippen LogP contribution < -0.4 is 11.1 Å². The monoisotopic (exact) mass is 374 g/mol. The Balaban J connectivity index is 1.97. The number of amides is 1. The predicted molar refractivity (Wildman–Crippen MR) is 98.2 cm³/mol. The first-order valence-corrected chi connectivity index (χ1v) is 8.72. The Morgan fingerprint density at radius 1 is 1.23 bits per heavy atom. The van der Waals surface area contributed by atoms with E-state index >= 15 is 0 Å². The quantitative estimate of drug-likeness (QED) is 0.327. The van der Waals surface area contributed by atoms with Crippen LogP contribution in [0.2, 0.25) is 0 Å². The van der Waals surface area contributed by atoms with Crippen LogP contribution in [-0.2, 0) is 9.53 Å². The lowest BCUT2D eigenvalue weighted by Crippen LogP contribution is -2.11. The number of anilines is 2. The van der Waals surface area contributed by atoms with Crippen molar-refractivity contribution in [1.29, 1.82) is 0 Å². The minimum Gasteiger partial charge on any atom is -0.462 e. The van der Waals surface area contributed by atoms with Crippen LogP contribution in [0.25, 0.3) is 0 Å². The van der Waals surface area contributed by atoms with Crippen LogP contribution in [0.5, 0.6) is 0 Å². The maximum absolute atomic E-state index is 12.2. The summed E-state index contributed by atoms with van der Waals surface area (Å²) in [7, 11) is 0. The molecule has 0 spiro atoms. The molecule has 8 nitrogen and oxygen atoms in total. The van der Waals surface area contributed by atoms with Crippen molar-refractivity contribution in [2.24, 2.45) is 0 Å². The van der Waals surface area contributed by atoms with Gasteiger partial charge < -0.3 is 15.8 Å². The SMILES string of the molecule is CCOC(=O)c1cnc(SCC(=O)c2ccc(NC(C)=O)cc2)nc1N. The van der Waals surface area contributed by atoms with E-state index in [2.05, 4.69) is 15.3 Å². The molecular formula is C17H18N4O4S. The van der Waals surface area contributed by atoms with E-state index in [9.17, 15) is 14.4 Å². The molecular weight excluding hydrogens is 356 g/mol. The maximum atomic E-state index is 12.2. The number of esters is 1. The van der Waals surface area contributed by atoms with E-state index in [0.717, 1.165) is 11.8 Å². The van der Waals surface area contributed by atoms with E-state index in [1.165, 1.54) is 13.1 Å². The molecule has 0 aliphatic carbocycles. The summed E-state index contributed by atoms with van der Waals surface area (Å²) in [5.74, 6) is -0.774. The zero-order valence-corrected chi connectivity index (χ0v) is 15.1. The molecule has 3 N–H and O–H groups in total. The number of nitrogens with two attached hydrogens (primary N) is 1. The third-order valence-electron chi connectivity index (χ3n) is 3.15. The number of aromatic nitrogens is 2. The molecule has 1 amide bonds. The highest BCUT2D eigenvalue weighted by Gasteiger charge is 2.15. The lowest BCUT2D eigenvalue weighted by atomic mass is 10.1. The molecule has 0 aliphatic rings. The Bertz CT molecular complexity index is 824. The molecule has 0 aliphatic heterocycles. The van der Waals surface area contributed by atoms with Crippen molar-refractivity contribution in [1.82, 2.24) is 9.97 Å². The molecule has 0 radical (unpaired) electrons. The normalized spacial score (nSPS) is 10.2. The highest BCUT2D eigenvalue weighted by Crippen LogP contribution is 2.19. The Morgan fingerprint density at radius 2 is 1.92 bits per heavy atom. The predicted octanol–water partition coefficient (Wildman–Crippen LogP) is 2.17. The molecule has 26 heavy (non-hydrogen) atoms. The summed E-state index contributed by atoms with van der Waals surface area (Å²) in [4.78, 5) is 42.9. The van der Waals surface area contributed by atoms with E-state index in [-0.39, 0.29) is 35.4 Å². The fraction of sp³-hybridized carbons (Fsp3) is 0.235. The highest BCUT2D eigenvalue weighted by atomic mass is 32.2. The van der Waals surface area contributed by atoms with Crippen molar-refractivity contribution in [2.75, 3.05) is 23.4 Å². The van der Waals surface area contributed by atoms with Crippen LogP contribution in [0.4, 0.5) is 11.5 Å². The molecule has 1 aromatic carbocycles. The maximum Gasteiger partial charge on any atom is 0.343 e. The molecule has 2 aromatic rings. The van der Waals surface area contributed by atoms with E-state index < -0.39 is 5.97 Å². The molecule has 136 valence electrons. The average Bonchev–Trinajstić information content (AvgIpc) is 2.60. The molecule has 1 heterocycles. The zero-order valence-electron chi connectivity index (χ0n) is 14.3. The summed E-state index contributed by atoms with van der Waals surface area (Å²) in [5.41, 5.74) is 6.96. The van der Waals surface area contributed by atoms with Gasteiger partial charge in [-0.3, -0.25) is 9.59 Å². The number of nitrogens with zero attached hydrogens (tertiary/aromatic N) is 2. The standard InChI is InChI=1S/C17H18N4O4S/c1-3-25-16(24)13-8-19-17(21-15(13)18)26-9-14(23)11-4-6-12(7-5-11)20-10(2)22/h4-8H,3,9H2,1-2H3,(H,20,22)(H2,18,19,21). The van der Waals surface area contributed by atoms with Gasteiger partial charge in [0, 0.05) is 24.4 Å². The number of thioether (sulfide) groups is 1. The van der Waals surface area contributed by atoms with Crippen molar-refractivity contribution in [3.05, 3.63) is 41.6 Å². The van der Waals surface area contributed by atoms with Crippen LogP contribution in [0.1, 0.15) is 34.6 Å². The number of rotatable bonds is 7. The van der Waals surface area contributed by atoms with Crippen LogP contribution in [-0.4, -0.2) is 40.0 Å². The van der Waals surface area contributed by atoms with Crippen molar-refractivity contribution < 1.29 is 19.1 Å². The highest BCUT2D eigenvalue weighted by molar-refractivity contribution is 7.99. The first-order chi connectivity index (χ1) is 12.4. The number of Topliss-reactive ketones (excluding diaryl/α,β-unsaturated/α-hetero) is 1. The first kappa shape index (κ1) is 19.4. The minimum absolute atomic E-state index is 0.00746. The number of benzene rings is 1. The molecule has 0 bridgehead atoms. The topological polar surface area (TPSA) is 124 Å². The number of carbonyl (C=O) groups is 3. The summed E-state index contributed by atoms with van der Waals surface area (Å²) in [6.07, 6.45) is 1.29. The van der Waals surface area contributed by atoms with Gasteiger partial charge in [0.1, 0.15) is 11.4 Å². The minimum atomic E-state index is -0.586. The van der Waals surface area contributed by atoms with Gasteiger partial charge in [0.05, 0.1) is 12.4 Å². The molecule has 9 heteroatoms. The van der Waals surface area contributed by atoms with E-state index in [1.807, 2.05) is 0 Å². The Labute approximate surface area is 154 Å². The third kappa shape index (κ3) is 5.28. The number of hydrogen-bond acceptors (Lipinski definition) is 8. The van der Waals surface area contributed by atoms with Crippen LogP contribution in [0.3, 0.4) is 0 Å². The Hall–Kier alpha value is -2.94. The molecule has 1 aromatic heterocycles. The number of carbonyl (C=O) groups excluding carboxylic acids is 3. The second-order valence-electron chi connectivity index (χ2n) is 5.14. The third-order valence-corrected chi connectivity index (χ3v) is 4.01. The van der Waals surface area contributed by atoms with Crippen molar-refractivity contribution in [3.8, 4) is 0 Å². The van der Waals surface area contributed by atoms with Gasteiger partial charge in [0.25, 0.3) is 0 Å². The second kappa shape index (κ2) is 8.95. The summed E-state index contributed by atoms with van der Waals surface area (Å²) in [6.45, 7) is 3.33. The molecule has 0 unspecified atom stereocenters. The number of nitrogens with one attached hydrogen (secondary N) is 1. The zero-order chi connectivity index (χ0) is 19.1.